The zero-order valence-electron chi connectivity index (χ0n) is 7.49. The summed E-state index contributed by atoms with van der Waals surface area (Å²) in [6.07, 6.45) is 2.24. The molecule has 0 radical (unpaired) electrons. The van der Waals surface area contributed by atoms with Gasteiger partial charge in [0.15, 0.2) is 5.13 Å². The molecule has 0 aromatic carbocycles. The van der Waals surface area contributed by atoms with E-state index in [1.54, 1.807) is 6.20 Å². The molecule has 1 fully saturated rings. The Labute approximate surface area is 94.4 Å². The van der Waals surface area contributed by atoms with Crippen LogP contribution in [0, 0.1) is 0 Å². The summed E-state index contributed by atoms with van der Waals surface area (Å²) in [5, 5.41) is 3.42. The van der Waals surface area contributed by atoms with Crippen LogP contribution in [0.15, 0.2) is 9.98 Å². The fourth-order valence-electron chi connectivity index (χ4n) is 1.05. The SMILES string of the molecule is O=C(CCN1CC1)Nc1ncc(Br)s1. The van der Waals surface area contributed by atoms with Gasteiger partial charge in [-0.05, 0) is 15.9 Å². The number of amides is 1. The van der Waals surface area contributed by atoms with E-state index >= 15 is 0 Å². The van der Waals surface area contributed by atoms with Crippen LogP contribution in [0.4, 0.5) is 5.13 Å². The number of carbonyl (C=O) groups is 1. The van der Waals surface area contributed by atoms with Crippen LogP contribution in [0.5, 0.6) is 0 Å². The molecule has 1 amide bonds. The molecule has 0 aliphatic carbocycles. The summed E-state index contributed by atoms with van der Waals surface area (Å²) >= 11 is 4.72. The summed E-state index contributed by atoms with van der Waals surface area (Å²) in [5.74, 6) is 0.0405. The van der Waals surface area contributed by atoms with E-state index in [0.29, 0.717) is 11.6 Å². The van der Waals surface area contributed by atoms with Crippen molar-refractivity contribution in [2.75, 3.05) is 25.0 Å². The number of halogens is 1. The van der Waals surface area contributed by atoms with Crippen LogP contribution in [0.1, 0.15) is 6.42 Å². The van der Waals surface area contributed by atoms with Crippen molar-refractivity contribution in [2.45, 2.75) is 6.42 Å². The fraction of sp³-hybridized carbons (Fsp3) is 0.500. The largest absolute Gasteiger partial charge is 0.302 e. The lowest BCUT2D eigenvalue weighted by molar-refractivity contribution is -0.116. The predicted molar refractivity (Wildman–Crippen MR) is 59.5 cm³/mol. The zero-order chi connectivity index (χ0) is 9.97. The van der Waals surface area contributed by atoms with E-state index in [-0.39, 0.29) is 5.91 Å². The summed E-state index contributed by atoms with van der Waals surface area (Å²) in [4.78, 5) is 17.6. The van der Waals surface area contributed by atoms with Gasteiger partial charge in [-0.25, -0.2) is 4.98 Å². The Morgan fingerprint density at radius 1 is 1.71 bits per heavy atom. The van der Waals surface area contributed by atoms with Crippen LogP contribution in [-0.4, -0.2) is 35.4 Å². The average molecular weight is 276 g/mol. The van der Waals surface area contributed by atoms with Crippen molar-refractivity contribution < 1.29 is 4.79 Å². The van der Waals surface area contributed by atoms with Gasteiger partial charge < -0.3 is 10.2 Å². The first-order valence-corrected chi connectivity index (χ1v) is 5.98. The predicted octanol–water partition coefficient (Wildman–Crippen LogP) is 1.55. The molecule has 1 aliphatic rings. The van der Waals surface area contributed by atoms with Crippen LogP contribution < -0.4 is 5.32 Å². The van der Waals surface area contributed by atoms with Gasteiger partial charge in [-0.3, -0.25) is 4.79 Å². The lowest BCUT2D eigenvalue weighted by Gasteiger charge is -2.01. The topological polar surface area (TPSA) is 45.0 Å². The summed E-state index contributed by atoms with van der Waals surface area (Å²) in [7, 11) is 0. The number of hydrogen-bond donors (Lipinski definition) is 1. The molecule has 0 bridgehead atoms. The molecule has 1 aliphatic heterocycles. The highest BCUT2D eigenvalue weighted by atomic mass is 79.9. The molecule has 14 heavy (non-hydrogen) atoms. The lowest BCUT2D eigenvalue weighted by Crippen LogP contribution is -2.15. The maximum Gasteiger partial charge on any atom is 0.227 e. The highest BCUT2D eigenvalue weighted by Gasteiger charge is 2.17. The van der Waals surface area contributed by atoms with Crippen molar-refractivity contribution in [1.82, 2.24) is 9.88 Å². The van der Waals surface area contributed by atoms with Gasteiger partial charge in [-0.15, -0.1) is 0 Å². The third-order valence-electron chi connectivity index (χ3n) is 1.92. The molecule has 4 nitrogen and oxygen atoms in total. The average Bonchev–Trinajstić information content (AvgIpc) is 2.88. The number of hydrogen-bond acceptors (Lipinski definition) is 4. The number of aromatic nitrogens is 1. The first-order chi connectivity index (χ1) is 6.74. The number of carbonyl (C=O) groups excluding carboxylic acids is 1. The third kappa shape index (κ3) is 3.04. The van der Waals surface area contributed by atoms with Crippen molar-refractivity contribution in [3.63, 3.8) is 0 Å². The summed E-state index contributed by atoms with van der Waals surface area (Å²) in [6, 6.07) is 0. The minimum Gasteiger partial charge on any atom is -0.302 e. The standard InChI is InChI=1S/C8H10BrN3OS/c9-6-5-10-8(14-6)11-7(13)1-2-12-3-4-12/h5H,1-4H2,(H,10,11,13). The van der Waals surface area contributed by atoms with E-state index in [0.717, 1.165) is 23.4 Å². The molecule has 0 spiro atoms. The molecule has 2 rings (SSSR count). The quantitative estimate of drug-likeness (QED) is 0.849. The number of anilines is 1. The van der Waals surface area contributed by atoms with Gasteiger partial charge >= 0.3 is 0 Å². The monoisotopic (exact) mass is 275 g/mol. The number of nitrogens with zero attached hydrogens (tertiary/aromatic N) is 2. The van der Waals surface area contributed by atoms with E-state index in [2.05, 4.69) is 31.1 Å². The smallest absolute Gasteiger partial charge is 0.227 e. The second-order valence-electron chi connectivity index (χ2n) is 3.11. The van der Waals surface area contributed by atoms with Crippen molar-refractivity contribution in [1.29, 1.82) is 0 Å². The van der Waals surface area contributed by atoms with Crippen molar-refractivity contribution in [2.24, 2.45) is 0 Å². The third-order valence-corrected chi connectivity index (χ3v) is 3.31. The van der Waals surface area contributed by atoms with Crippen molar-refractivity contribution in [3.8, 4) is 0 Å². The second-order valence-corrected chi connectivity index (χ2v) is 5.52. The fourth-order valence-corrected chi connectivity index (χ4v) is 2.17. The number of nitrogens with one attached hydrogen (secondary N) is 1. The molecular formula is C8H10BrN3OS. The Morgan fingerprint density at radius 3 is 3.07 bits per heavy atom. The lowest BCUT2D eigenvalue weighted by atomic mass is 10.4. The van der Waals surface area contributed by atoms with E-state index < -0.39 is 0 Å². The van der Waals surface area contributed by atoms with Crippen LogP contribution in [-0.2, 0) is 4.79 Å². The van der Waals surface area contributed by atoms with Gasteiger partial charge in [0.25, 0.3) is 0 Å². The molecule has 1 saturated heterocycles. The Kier molecular flexibility index (Phi) is 3.15. The maximum atomic E-state index is 11.4. The van der Waals surface area contributed by atoms with Gasteiger partial charge in [0, 0.05) is 26.1 Å². The van der Waals surface area contributed by atoms with Gasteiger partial charge in [0.05, 0.1) is 9.98 Å². The molecule has 1 N–H and O–H groups in total. The van der Waals surface area contributed by atoms with Crippen molar-refractivity contribution in [3.05, 3.63) is 9.98 Å². The first-order valence-electron chi connectivity index (χ1n) is 4.37. The second kappa shape index (κ2) is 4.37. The summed E-state index contributed by atoms with van der Waals surface area (Å²) < 4.78 is 0.929. The molecule has 0 atom stereocenters. The van der Waals surface area contributed by atoms with E-state index in [1.165, 1.54) is 11.3 Å². The molecule has 2 heterocycles. The van der Waals surface area contributed by atoms with Crippen molar-refractivity contribution >= 4 is 38.3 Å². The van der Waals surface area contributed by atoms with Crippen LogP contribution >= 0.6 is 27.3 Å². The highest BCUT2D eigenvalue weighted by Crippen LogP contribution is 2.23. The minimum absolute atomic E-state index is 0.0405. The van der Waals surface area contributed by atoms with Crippen LogP contribution in [0.3, 0.4) is 0 Å². The molecule has 1 aromatic rings. The summed E-state index contributed by atoms with van der Waals surface area (Å²) in [6.45, 7) is 3.13. The number of thiazole rings is 1. The van der Waals surface area contributed by atoms with E-state index in [4.69, 9.17) is 0 Å². The Hall–Kier alpha value is -0.460. The summed E-state index contributed by atoms with van der Waals surface area (Å²) in [5.41, 5.74) is 0. The van der Waals surface area contributed by atoms with Gasteiger partial charge in [-0.1, -0.05) is 11.3 Å². The van der Waals surface area contributed by atoms with Gasteiger partial charge in [0.2, 0.25) is 5.91 Å². The zero-order valence-corrected chi connectivity index (χ0v) is 9.90. The highest BCUT2D eigenvalue weighted by molar-refractivity contribution is 9.11. The Bertz CT molecular complexity index is 337. The van der Waals surface area contributed by atoms with Crippen LogP contribution in [0.2, 0.25) is 0 Å². The molecule has 76 valence electrons. The number of rotatable bonds is 4. The first kappa shape index (κ1) is 10.1. The maximum absolute atomic E-state index is 11.4. The normalized spacial score (nSPS) is 15.5. The molecule has 1 aromatic heterocycles. The molecule has 0 saturated carbocycles. The molecule has 6 heteroatoms. The Morgan fingerprint density at radius 2 is 2.50 bits per heavy atom. The van der Waals surface area contributed by atoms with Crippen LogP contribution in [0.25, 0.3) is 0 Å². The molecule has 0 unspecified atom stereocenters. The van der Waals surface area contributed by atoms with Gasteiger partial charge in [0.1, 0.15) is 0 Å². The van der Waals surface area contributed by atoms with Gasteiger partial charge in [-0.2, -0.15) is 0 Å². The van der Waals surface area contributed by atoms with E-state index in [1.807, 2.05) is 0 Å². The van der Waals surface area contributed by atoms with E-state index in [9.17, 15) is 4.79 Å². The minimum atomic E-state index is 0.0405. The molecular weight excluding hydrogens is 266 g/mol. The Balaban J connectivity index is 1.75.